The minimum Gasteiger partial charge on any atom is -0.511 e. The summed E-state index contributed by atoms with van der Waals surface area (Å²) < 4.78 is 5.78. The van der Waals surface area contributed by atoms with Crippen molar-refractivity contribution < 1.29 is 19.7 Å². The first-order valence-corrected chi connectivity index (χ1v) is 15.7. The lowest BCUT2D eigenvalue weighted by Gasteiger charge is -2.17. The van der Waals surface area contributed by atoms with E-state index >= 15 is 0 Å². The summed E-state index contributed by atoms with van der Waals surface area (Å²) in [6.07, 6.45) is 5.27. The molecule has 1 aliphatic carbocycles. The van der Waals surface area contributed by atoms with Gasteiger partial charge in [-0.2, -0.15) is 0 Å². The molecule has 9 heteroatoms. The lowest BCUT2D eigenvalue weighted by Crippen LogP contribution is -2.16. The fraction of sp³-hybridized carbons (Fsp3) is 0.412. The maximum atomic E-state index is 12.2. The number of aliphatic hydroxyl groups excluding tert-OH is 2. The zero-order chi connectivity index (χ0) is 30.9. The van der Waals surface area contributed by atoms with Crippen LogP contribution in [0.4, 0.5) is 0 Å². The summed E-state index contributed by atoms with van der Waals surface area (Å²) in [6.45, 7) is 12.1. The number of carbonyl (C=O) groups excluding carboxylic acids is 1. The first kappa shape index (κ1) is 29.5. The molecule has 0 aromatic carbocycles. The number of halogens is 1. The number of allylic oxidation sites excluding steroid dienone is 11. The molecule has 8 nitrogen and oxygen atoms in total. The second kappa shape index (κ2) is 10.9. The monoisotopic (exact) mass is 644 g/mol. The van der Waals surface area contributed by atoms with Crippen molar-refractivity contribution >= 4 is 39.0 Å². The SMILES string of the molecule is CCC1=C(C)C2=NC1=CC1=C(C)C3=C(O)CC(=C4NC(=C(Br)C5=NC(=C2)C([C@H](C)O)=C5C)[C@@H](C)[C@@H]4CCC(=O)OC)C3=N1. The highest BCUT2D eigenvalue weighted by atomic mass is 79.9. The van der Waals surface area contributed by atoms with Crippen molar-refractivity contribution in [1.29, 1.82) is 0 Å². The zero-order valence-electron chi connectivity index (χ0n) is 25.6. The van der Waals surface area contributed by atoms with Gasteiger partial charge in [-0.1, -0.05) is 13.8 Å². The summed E-state index contributed by atoms with van der Waals surface area (Å²) >= 11 is 3.90. The van der Waals surface area contributed by atoms with E-state index in [0.717, 1.165) is 89.8 Å². The standard InChI is InChI=1S/C34H37BrN4O4/c1-8-19-14(2)22-13-25-28(18(6)40)17(5)32(38-25)30(35)31-15(3)20(9-10-27(42)43-7)33(39-31)21-11-26(41)29-16(4)23(37-34(21)29)12-24(19)36-22/h12-13,15,18,20,39-41H,8-11H2,1-7H3/t15-,18-,20-/m0/s1. The van der Waals surface area contributed by atoms with Crippen molar-refractivity contribution in [3.8, 4) is 0 Å². The van der Waals surface area contributed by atoms with Crippen molar-refractivity contribution in [2.75, 3.05) is 7.11 Å². The Morgan fingerprint density at radius 2 is 1.84 bits per heavy atom. The largest absolute Gasteiger partial charge is 0.511 e. The Balaban J connectivity index is 1.63. The molecule has 0 radical (unpaired) electrons. The van der Waals surface area contributed by atoms with Gasteiger partial charge >= 0.3 is 5.97 Å². The molecule has 5 aliphatic heterocycles. The van der Waals surface area contributed by atoms with Crippen molar-refractivity contribution in [2.24, 2.45) is 26.8 Å². The molecule has 224 valence electrons. The van der Waals surface area contributed by atoms with Crippen LogP contribution in [0.5, 0.6) is 0 Å². The van der Waals surface area contributed by atoms with Gasteiger partial charge in [0.25, 0.3) is 0 Å². The number of hydrogen-bond donors (Lipinski definition) is 3. The Labute approximate surface area is 260 Å². The van der Waals surface area contributed by atoms with Crippen molar-refractivity contribution in [3.63, 3.8) is 0 Å². The molecule has 0 spiro atoms. The smallest absolute Gasteiger partial charge is 0.305 e. The molecule has 43 heavy (non-hydrogen) atoms. The third-order valence-electron chi connectivity index (χ3n) is 9.48. The molecule has 8 bridgehead atoms. The number of methoxy groups -OCH3 is 1. The quantitative estimate of drug-likeness (QED) is 0.288. The number of carbonyl (C=O) groups is 1. The molecule has 3 atom stereocenters. The van der Waals surface area contributed by atoms with E-state index in [9.17, 15) is 15.0 Å². The highest BCUT2D eigenvalue weighted by Crippen LogP contribution is 2.48. The number of aliphatic hydroxyl groups is 2. The Morgan fingerprint density at radius 1 is 1.09 bits per heavy atom. The maximum absolute atomic E-state index is 12.2. The van der Waals surface area contributed by atoms with E-state index in [2.05, 4.69) is 42.0 Å². The molecule has 0 amide bonds. The first-order valence-electron chi connectivity index (χ1n) is 14.9. The van der Waals surface area contributed by atoms with Gasteiger partial charge in [0.05, 0.1) is 51.9 Å². The molecule has 0 unspecified atom stereocenters. The summed E-state index contributed by atoms with van der Waals surface area (Å²) in [4.78, 5) is 27.4. The van der Waals surface area contributed by atoms with Crippen molar-refractivity contribution in [2.45, 2.75) is 73.3 Å². The van der Waals surface area contributed by atoms with Gasteiger partial charge in [-0.3, -0.25) is 4.79 Å². The number of fused-ring (bicyclic) bond motifs is 5. The number of ether oxygens (including phenoxy) is 1. The van der Waals surface area contributed by atoms with Gasteiger partial charge in [0, 0.05) is 52.8 Å². The van der Waals surface area contributed by atoms with Gasteiger partial charge < -0.3 is 20.3 Å². The molecule has 0 aromatic heterocycles. The lowest BCUT2D eigenvalue weighted by molar-refractivity contribution is -0.140. The minimum absolute atomic E-state index is 0.00253. The molecule has 6 aliphatic rings. The van der Waals surface area contributed by atoms with Crippen LogP contribution in [0.15, 0.2) is 105 Å². The third-order valence-corrected chi connectivity index (χ3v) is 10.3. The fourth-order valence-corrected chi connectivity index (χ4v) is 7.97. The topological polar surface area (TPSA) is 116 Å². The van der Waals surface area contributed by atoms with Gasteiger partial charge in [0.15, 0.2) is 0 Å². The van der Waals surface area contributed by atoms with Crippen LogP contribution in [0.1, 0.15) is 67.2 Å². The Kier molecular flexibility index (Phi) is 7.45. The van der Waals surface area contributed by atoms with E-state index in [1.807, 2.05) is 26.0 Å². The normalized spacial score (nSPS) is 25.5. The van der Waals surface area contributed by atoms with E-state index < -0.39 is 6.10 Å². The summed E-state index contributed by atoms with van der Waals surface area (Å²) in [7, 11) is 1.41. The summed E-state index contributed by atoms with van der Waals surface area (Å²) in [5.41, 5.74) is 13.1. The number of hydrogen-bond acceptors (Lipinski definition) is 8. The van der Waals surface area contributed by atoms with Gasteiger partial charge in [-0.25, -0.2) is 15.0 Å². The number of rotatable bonds is 5. The molecule has 5 heterocycles. The summed E-state index contributed by atoms with van der Waals surface area (Å²) in [6, 6.07) is 0. The summed E-state index contributed by atoms with van der Waals surface area (Å²) in [5, 5.41) is 25.8. The van der Waals surface area contributed by atoms with Crippen molar-refractivity contribution in [3.05, 3.63) is 89.9 Å². The van der Waals surface area contributed by atoms with Gasteiger partial charge in [-0.15, -0.1) is 0 Å². The van der Waals surface area contributed by atoms with E-state index in [4.69, 9.17) is 19.7 Å². The molecular weight excluding hydrogens is 608 g/mol. The number of esters is 1. The van der Waals surface area contributed by atoms with Crippen LogP contribution < -0.4 is 5.32 Å². The summed E-state index contributed by atoms with van der Waals surface area (Å²) in [5.74, 6) is 0.00134. The predicted molar refractivity (Wildman–Crippen MR) is 173 cm³/mol. The molecule has 3 N–H and O–H groups in total. The van der Waals surface area contributed by atoms with Crippen LogP contribution in [0, 0.1) is 11.8 Å². The highest BCUT2D eigenvalue weighted by Gasteiger charge is 2.42. The van der Waals surface area contributed by atoms with Crippen LogP contribution in [0.2, 0.25) is 0 Å². The van der Waals surface area contributed by atoms with E-state index in [0.29, 0.717) is 24.3 Å². The van der Waals surface area contributed by atoms with Crippen LogP contribution >= 0.6 is 15.9 Å². The number of nitrogens with zero attached hydrogens (tertiary/aromatic N) is 3. The molecule has 1 fully saturated rings. The van der Waals surface area contributed by atoms with Crippen LogP contribution in [0.25, 0.3) is 0 Å². The zero-order valence-corrected chi connectivity index (χ0v) is 27.2. The molecule has 0 saturated carbocycles. The Bertz CT molecular complexity index is 1740. The maximum Gasteiger partial charge on any atom is 0.305 e. The van der Waals surface area contributed by atoms with E-state index in [1.54, 1.807) is 6.92 Å². The van der Waals surface area contributed by atoms with Crippen LogP contribution in [-0.4, -0.2) is 46.5 Å². The van der Waals surface area contributed by atoms with Gasteiger partial charge in [0.2, 0.25) is 0 Å². The van der Waals surface area contributed by atoms with Crippen LogP contribution in [0.3, 0.4) is 0 Å². The average Bonchev–Trinajstić information content (AvgIpc) is 3.72. The Hall–Kier alpha value is -3.56. The predicted octanol–water partition coefficient (Wildman–Crippen LogP) is 6.71. The van der Waals surface area contributed by atoms with E-state index in [1.165, 1.54) is 7.11 Å². The molecular formula is C34H37BrN4O4. The molecule has 6 rings (SSSR count). The fourth-order valence-electron chi connectivity index (χ4n) is 7.12. The third kappa shape index (κ3) is 4.59. The minimum atomic E-state index is -0.726. The number of aliphatic imine (C=N–C) groups is 3. The second-order valence-electron chi connectivity index (χ2n) is 11.9. The molecule has 1 saturated heterocycles. The molecule has 0 aromatic rings. The van der Waals surface area contributed by atoms with Gasteiger partial charge in [-0.05, 0) is 90.9 Å². The van der Waals surface area contributed by atoms with Crippen molar-refractivity contribution in [1.82, 2.24) is 5.32 Å². The Morgan fingerprint density at radius 3 is 2.51 bits per heavy atom. The van der Waals surface area contributed by atoms with Crippen LogP contribution in [-0.2, 0) is 9.53 Å². The average molecular weight is 646 g/mol. The first-order chi connectivity index (χ1) is 20.5. The number of nitrogens with one attached hydrogen (secondary N) is 1. The van der Waals surface area contributed by atoms with Gasteiger partial charge in [0.1, 0.15) is 5.76 Å². The highest BCUT2D eigenvalue weighted by molar-refractivity contribution is 9.12. The second-order valence-corrected chi connectivity index (χ2v) is 12.7. The van der Waals surface area contributed by atoms with E-state index in [-0.39, 0.29) is 24.2 Å². The lowest BCUT2D eigenvalue weighted by atomic mass is 9.86.